The van der Waals surface area contributed by atoms with Crippen LogP contribution in [0.4, 0.5) is 0 Å². The fourth-order valence-corrected chi connectivity index (χ4v) is 2.78. The lowest BCUT2D eigenvalue weighted by molar-refractivity contribution is 0.171. The third-order valence-corrected chi connectivity index (χ3v) is 5.86. The third-order valence-electron chi connectivity index (χ3n) is 3.72. The molecule has 1 aromatic carbocycles. The monoisotopic (exact) mass is 300 g/mol. The number of ether oxygens (including phenoxy) is 2. The molecule has 0 fully saturated rings. The van der Waals surface area contributed by atoms with Crippen LogP contribution in [0.5, 0.6) is 11.5 Å². The number of hydrogen-bond acceptors (Lipinski definition) is 6. The van der Waals surface area contributed by atoms with Crippen molar-refractivity contribution in [3.05, 3.63) is 23.8 Å². The Labute approximate surface area is 119 Å². The van der Waals surface area contributed by atoms with Gasteiger partial charge in [-0.3, -0.25) is 11.3 Å². The molecule has 2 rings (SSSR count). The maximum absolute atomic E-state index is 12.0. The van der Waals surface area contributed by atoms with Crippen molar-refractivity contribution in [2.24, 2.45) is 5.84 Å². The van der Waals surface area contributed by atoms with Crippen LogP contribution in [0.3, 0.4) is 0 Å². The van der Waals surface area contributed by atoms with Crippen LogP contribution in [0.1, 0.15) is 25.5 Å². The Bertz CT molecular complexity index is 598. The summed E-state index contributed by atoms with van der Waals surface area (Å²) in [6, 6.07) is 4.79. The minimum atomic E-state index is -3.30. The molecule has 6 nitrogen and oxygen atoms in total. The van der Waals surface area contributed by atoms with Gasteiger partial charge in [0.25, 0.3) is 0 Å². The molecule has 0 amide bonds. The van der Waals surface area contributed by atoms with Crippen LogP contribution in [0.15, 0.2) is 18.2 Å². The minimum absolute atomic E-state index is 0.479. The molecule has 112 valence electrons. The largest absolute Gasteiger partial charge is 0.486 e. The lowest BCUT2D eigenvalue weighted by Gasteiger charge is -2.33. The van der Waals surface area contributed by atoms with Crippen LogP contribution in [-0.4, -0.2) is 32.6 Å². The number of nitrogens with one attached hydrogen (secondary N) is 1. The number of fused-ring (bicyclic) bond motifs is 1. The summed E-state index contributed by atoms with van der Waals surface area (Å²) in [5, 5.41) is 0. The second kappa shape index (κ2) is 5.23. The van der Waals surface area contributed by atoms with Crippen LogP contribution in [-0.2, 0) is 9.84 Å². The highest BCUT2D eigenvalue weighted by Gasteiger charge is 2.39. The SMILES string of the molecule is CC(C)(C(NN)c1ccc2c(c1)OCCO2)S(C)(=O)=O. The molecule has 0 aliphatic carbocycles. The molecule has 0 radical (unpaired) electrons. The molecule has 1 aliphatic rings. The molecule has 3 N–H and O–H groups in total. The zero-order valence-electron chi connectivity index (χ0n) is 11.8. The van der Waals surface area contributed by atoms with Gasteiger partial charge < -0.3 is 9.47 Å². The summed E-state index contributed by atoms with van der Waals surface area (Å²) >= 11 is 0. The van der Waals surface area contributed by atoms with Gasteiger partial charge in [0, 0.05) is 6.26 Å². The van der Waals surface area contributed by atoms with Gasteiger partial charge in [0.1, 0.15) is 13.2 Å². The molecular weight excluding hydrogens is 280 g/mol. The van der Waals surface area contributed by atoms with Crippen LogP contribution >= 0.6 is 0 Å². The standard InChI is InChI=1S/C13H20N2O4S/c1-13(2,20(3,16)17)12(15-14)9-4-5-10-11(8-9)19-7-6-18-10/h4-5,8,12,15H,6-7,14H2,1-3H3. The van der Waals surface area contributed by atoms with Gasteiger partial charge in [-0.15, -0.1) is 0 Å². The van der Waals surface area contributed by atoms with E-state index in [1.54, 1.807) is 32.0 Å². The summed E-state index contributed by atoms with van der Waals surface area (Å²) in [5.74, 6) is 6.85. The van der Waals surface area contributed by atoms with Gasteiger partial charge >= 0.3 is 0 Å². The van der Waals surface area contributed by atoms with E-state index in [9.17, 15) is 8.42 Å². The minimum Gasteiger partial charge on any atom is -0.486 e. The quantitative estimate of drug-likeness (QED) is 0.631. The van der Waals surface area contributed by atoms with Crippen molar-refractivity contribution >= 4 is 9.84 Å². The lowest BCUT2D eigenvalue weighted by Crippen LogP contribution is -2.47. The van der Waals surface area contributed by atoms with Gasteiger partial charge in [-0.2, -0.15) is 0 Å². The first-order chi connectivity index (χ1) is 9.27. The van der Waals surface area contributed by atoms with E-state index >= 15 is 0 Å². The first kappa shape index (κ1) is 15.1. The van der Waals surface area contributed by atoms with Gasteiger partial charge in [0.15, 0.2) is 21.3 Å². The molecule has 0 bridgehead atoms. The van der Waals surface area contributed by atoms with Crippen LogP contribution in [0, 0.1) is 0 Å². The van der Waals surface area contributed by atoms with E-state index in [4.69, 9.17) is 15.3 Å². The van der Waals surface area contributed by atoms with Crippen molar-refractivity contribution in [1.29, 1.82) is 0 Å². The van der Waals surface area contributed by atoms with Crippen molar-refractivity contribution in [2.75, 3.05) is 19.5 Å². The van der Waals surface area contributed by atoms with Crippen molar-refractivity contribution in [3.63, 3.8) is 0 Å². The number of hydrogen-bond donors (Lipinski definition) is 2. The third kappa shape index (κ3) is 2.61. The summed E-state index contributed by atoms with van der Waals surface area (Å²) in [6.45, 7) is 4.28. The predicted octanol–water partition coefficient (Wildman–Crippen LogP) is 0.785. The topological polar surface area (TPSA) is 90.7 Å². The molecular formula is C13H20N2O4S. The molecule has 20 heavy (non-hydrogen) atoms. The van der Waals surface area contributed by atoms with Gasteiger partial charge in [-0.05, 0) is 31.5 Å². The Balaban J connectivity index is 2.42. The van der Waals surface area contributed by atoms with Gasteiger partial charge in [-0.25, -0.2) is 8.42 Å². The maximum atomic E-state index is 12.0. The van der Waals surface area contributed by atoms with E-state index in [2.05, 4.69) is 5.43 Å². The fraction of sp³-hybridized carbons (Fsp3) is 0.538. The van der Waals surface area contributed by atoms with E-state index in [1.165, 1.54) is 6.26 Å². The first-order valence-corrected chi connectivity index (χ1v) is 8.22. The van der Waals surface area contributed by atoms with Gasteiger partial charge in [-0.1, -0.05) is 6.07 Å². The maximum Gasteiger partial charge on any atom is 0.161 e. The molecule has 1 aromatic rings. The van der Waals surface area contributed by atoms with Crippen LogP contribution < -0.4 is 20.7 Å². The normalized spacial score (nSPS) is 16.8. The second-order valence-corrected chi connectivity index (χ2v) is 7.97. The molecule has 0 spiro atoms. The zero-order valence-corrected chi connectivity index (χ0v) is 12.7. The fourth-order valence-electron chi connectivity index (χ4n) is 2.15. The Morgan fingerprint density at radius 2 is 1.85 bits per heavy atom. The highest BCUT2D eigenvalue weighted by molar-refractivity contribution is 7.92. The second-order valence-electron chi connectivity index (χ2n) is 5.38. The highest BCUT2D eigenvalue weighted by atomic mass is 32.2. The average Bonchev–Trinajstić information content (AvgIpc) is 2.38. The Kier molecular flexibility index (Phi) is 3.95. The molecule has 1 aliphatic heterocycles. The van der Waals surface area contributed by atoms with E-state index in [-0.39, 0.29) is 0 Å². The summed E-state index contributed by atoms with van der Waals surface area (Å²) in [7, 11) is -3.30. The van der Waals surface area contributed by atoms with Crippen molar-refractivity contribution < 1.29 is 17.9 Å². The predicted molar refractivity (Wildman–Crippen MR) is 76.4 cm³/mol. The lowest BCUT2D eigenvalue weighted by atomic mass is 9.95. The first-order valence-electron chi connectivity index (χ1n) is 6.32. The molecule has 0 saturated carbocycles. The van der Waals surface area contributed by atoms with E-state index in [1.807, 2.05) is 0 Å². The molecule has 0 saturated heterocycles. The van der Waals surface area contributed by atoms with Crippen LogP contribution in [0.2, 0.25) is 0 Å². The van der Waals surface area contributed by atoms with Gasteiger partial charge in [0.2, 0.25) is 0 Å². The smallest absolute Gasteiger partial charge is 0.161 e. The van der Waals surface area contributed by atoms with Crippen LogP contribution in [0.25, 0.3) is 0 Å². The number of benzene rings is 1. The molecule has 1 unspecified atom stereocenters. The van der Waals surface area contributed by atoms with E-state index < -0.39 is 20.6 Å². The Morgan fingerprint density at radius 3 is 2.40 bits per heavy atom. The molecule has 1 heterocycles. The van der Waals surface area contributed by atoms with Crippen molar-refractivity contribution in [3.8, 4) is 11.5 Å². The van der Waals surface area contributed by atoms with Crippen molar-refractivity contribution in [1.82, 2.24) is 5.43 Å². The van der Waals surface area contributed by atoms with Gasteiger partial charge in [0.05, 0.1) is 10.8 Å². The number of hydrazine groups is 1. The number of sulfone groups is 1. The number of nitrogens with two attached hydrogens (primary N) is 1. The molecule has 7 heteroatoms. The Morgan fingerprint density at radius 1 is 1.25 bits per heavy atom. The summed E-state index contributed by atoms with van der Waals surface area (Å²) in [6.07, 6.45) is 1.20. The van der Waals surface area contributed by atoms with E-state index in [0.29, 0.717) is 24.7 Å². The molecule has 0 aromatic heterocycles. The summed E-state index contributed by atoms with van der Waals surface area (Å²) < 4.78 is 33.8. The molecule has 1 atom stereocenters. The van der Waals surface area contributed by atoms with Crippen molar-refractivity contribution in [2.45, 2.75) is 24.6 Å². The Hall–Kier alpha value is -1.31. The average molecular weight is 300 g/mol. The number of rotatable bonds is 4. The summed E-state index contributed by atoms with van der Waals surface area (Å²) in [5.41, 5.74) is 3.34. The highest BCUT2D eigenvalue weighted by Crippen LogP contribution is 2.37. The van der Waals surface area contributed by atoms with E-state index in [0.717, 1.165) is 5.56 Å². The summed E-state index contributed by atoms with van der Waals surface area (Å²) in [4.78, 5) is 0. The zero-order chi connectivity index (χ0) is 15.0.